The van der Waals surface area contributed by atoms with Crippen molar-refractivity contribution >= 4 is 16.6 Å². The van der Waals surface area contributed by atoms with E-state index in [1.165, 1.54) is 0 Å². The van der Waals surface area contributed by atoms with E-state index in [0.717, 1.165) is 45.1 Å². The van der Waals surface area contributed by atoms with Crippen LogP contribution in [0.15, 0.2) is 35.1 Å². The van der Waals surface area contributed by atoms with E-state index in [1.807, 2.05) is 51.1 Å². The molecule has 1 aromatic heterocycles. The van der Waals surface area contributed by atoms with Crippen LogP contribution in [-0.4, -0.2) is 9.67 Å². The molecule has 25 heavy (non-hydrogen) atoms. The molecular formula is C21H24N2O2. The quantitative estimate of drug-likeness (QED) is 0.719. The van der Waals surface area contributed by atoms with E-state index in [1.54, 1.807) is 11.6 Å². The predicted octanol–water partition coefficient (Wildman–Crippen LogP) is 3.54. The number of nitrogens with two attached hydrogens (primary N) is 1. The number of aromatic hydroxyl groups is 1. The molecule has 0 spiro atoms. The number of phenols is 1. The summed E-state index contributed by atoms with van der Waals surface area (Å²) < 4.78 is 1.68. The molecule has 0 atom stereocenters. The number of anilines is 1. The van der Waals surface area contributed by atoms with Gasteiger partial charge in [-0.05, 0) is 68.0 Å². The monoisotopic (exact) mass is 336 g/mol. The van der Waals surface area contributed by atoms with E-state index < -0.39 is 0 Å². The number of aryl methyl sites for hydroxylation is 5. The van der Waals surface area contributed by atoms with E-state index in [-0.39, 0.29) is 5.56 Å². The Kier molecular flexibility index (Phi) is 4.29. The summed E-state index contributed by atoms with van der Waals surface area (Å²) in [6, 6.07) is 9.68. The minimum atomic E-state index is 0.0304. The van der Waals surface area contributed by atoms with Crippen LogP contribution in [0.3, 0.4) is 0 Å². The van der Waals surface area contributed by atoms with Gasteiger partial charge in [0.15, 0.2) is 0 Å². The number of phenolic OH excluding ortho intramolecular Hbond substituents is 1. The number of hydrogen-bond donors (Lipinski definition) is 2. The highest BCUT2D eigenvalue weighted by Crippen LogP contribution is 2.25. The molecule has 0 bridgehead atoms. The van der Waals surface area contributed by atoms with Crippen LogP contribution in [0.5, 0.6) is 5.75 Å². The van der Waals surface area contributed by atoms with Gasteiger partial charge in [0.05, 0.1) is 5.52 Å². The van der Waals surface area contributed by atoms with Crippen LogP contribution < -0.4 is 11.3 Å². The van der Waals surface area contributed by atoms with E-state index in [9.17, 15) is 9.90 Å². The largest absolute Gasteiger partial charge is 0.507 e. The average Bonchev–Trinajstić information content (AvgIpc) is 2.57. The van der Waals surface area contributed by atoms with Gasteiger partial charge in [-0.1, -0.05) is 18.2 Å². The summed E-state index contributed by atoms with van der Waals surface area (Å²) >= 11 is 0. The Morgan fingerprint density at radius 2 is 1.68 bits per heavy atom. The van der Waals surface area contributed by atoms with Gasteiger partial charge in [-0.15, -0.1) is 0 Å². The standard InChI is InChI=1S/C21H24N2O2/c1-12-9-15(10-13(2)20(12)24)5-7-18-14(3)17-8-6-16(22)11-19(17)23(4)21(18)25/h6,8-11,24H,5,7,22H2,1-4H3. The van der Waals surface area contributed by atoms with Crippen molar-refractivity contribution in [2.45, 2.75) is 33.6 Å². The molecule has 0 saturated heterocycles. The molecule has 3 N–H and O–H groups in total. The summed E-state index contributed by atoms with van der Waals surface area (Å²) in [6.45, 7) is 5.80. The Morgan fingerprint density at radius 3 is 2.32 bits per heavy atom. The maximum absolute atomic E-state index is 12.8. The Labute approximate surface area is 147 Å². The van der Waals surface area contributed by atoms with Gasteiger partial charge < -0.3 is 15.4 Å². The number of pyridine rings is 1. The van der Waals surface area contributed by atoms with Crippen LogP contribution in [0.1, 0.15) is 27.8 Å². The topological polar surface area (TPSA) is 68.2 Å². The molecule has 0 aliphatic heterocycles. The van der Waals surface area contributed by atoms with Crippen molar-refractivity contribution in [1.29, 1.82) is 0 Å². The highest BCUT2D eigenvalue weighted by Gasteiger charge is 2.13. The van der Waals surface area contributed by atoms with E-state index >= 15 is 0 Å². The summed E-state index contributed by atoms with van der Waals surface area (Å²) in [5.74, 6) is 0.346. The molecule has 0 aliphatic carbocycles. The molecule has 1 heterocycles. The minimum absolute atomic E-state index is 0.0304. The molecule has 4 heteroatoms. The fourth-order valence-electron chi connectivity index (χ4n) is 3.53. The molecule has 2 aromatic carbocycles. The molecule has 0 amide bonds. The van der Waals surface area contributed by atoms with Crippen molar-refractivity contribution in [1.82, 2.24) is 4.57 Å². The first-order chi connectivity index (χ1) is 11.8. The number of nitrogens with zero attached hydrogens (tertiary/aromatic N) is 1. The summed E-state index contributed by atoms with van der Waals surface area (Å²) in [5, 5.41) is 11.0. The predicted molar refractivity (Wildman–Crippen MR) is 103 cm³/mol. The molecule has 3 aromatic rings. The number of hydrogen-bond acceptors (Lipinski definition) is 3. The lowest BCUT2D eigenvalue weighted by atomic mass is 9.96. The van der Waals surface area contributed by atoms with Gasteiger partial charge in [-0.3, -0.25) is 4.79 Å². The summed E-state index contributed by atoms with van der Waals surface area (Å²) in [4.78, 5) is 12.8. The maximum atomic E-state index is 12.8. The number of nitrogen functional groups attached to an aromatic ring is 1. The number of rotatable bonds is 3. The zero-order valence-electron chi connectivity index (χ0n) is 15.2. The zero-order valence-corrected chi connectivity index (χ0v) is 15.2. The lowest BCUT2D eigenvalue weighted by molar-refractivity contribution is 0.466. The molecule has 3 rings (SSSR count). The Hall–Kier alpha value is -2.75. The summed E-state index contributed by atoms with van der Waals surface area (Å²) in [6.07, 6.45) is 1.43. The van der Waals surface area contributed by atoms with E-state index in [4.69, 9.17) is 5.73 Å². The maximum Gasteiger partial charge on any atom is 0.254 e. The fraction of sp³-hybridized carbons (Fsp3) is 0.286. The second-order valence-corrected chi connectivity index (χ2v) is 6.82. The van der Waals surface area contributed by atoms with Crippen molar-refractivity contribution in [2.24, 2.45) is 7.05 Å². The lowest BCUT2D eigenvalue weighted by Gasteiger charge is -2.14. The molecule has 0 aliphatic rings. The smallest absolute Gasteiger partial charge is 0.254 e. The molecule has 0 unspecified atom stereocenters. The van der Waals surface area contributed by atoms with Crippen LogP contribution in [-0.2, 0) is 19.9 Å². The molecule has 4 nitrogen and oxygen atoms in total. The third-order valence-corrected chi connectivity index (χ3v) is 5.02. The third kappa shape index (κ3) is 3.00. The van der Waals surface area contributed by atoms with E-state index in [0.29, 0.717) is 17.9 Å². The van der Waals surface area contributed by atoms with Crippen molar-refractivity contribution < 1.29 is 5.11 Å². The van der Waals surface area contributed by atoms with Crippen molar-refractivity contribution in [3.05, 3.63) is 68.5 Å². The van der Waals surface area contributed by atoms with Crippen molar-refractivity contribution in [3.8, 4) is 5.75 Å². The summed E-state index contributed by atoms with van der Waals surface area (Å²) in [5.41, 5.74) is 12.1. The van der Waals surface area contributed by atoms with Gasteiger partial charge >= 0.3 is 0 Å². The third-order valence-electron chi connectivity index (χ3n) is 5.02. The molecular weight excluding hydrogens is 312 g/mol. The second kappa shape index (κ2) is 6.28. The number of aromatic nitrogens is 1. The Bertz CT molecular complexity index is 1010. The van der Waals surface area contributed by atoms with E-state index in [2.05, 4.69) is 0 Å². The van der Waals surface area contributed by atoms with Crippen molar-refractivity contribution in [3.63, 3.8) is 0 Å². The normalized spacial score (nSPS) is 11.2. The minimum Gasteiger partial charge on any atom is -0.507 e. The van der Waals surface area contributed by atoms with Gasteiger partial charge in [0.2, 0.25) is 0 Å². The first-order valence-electron chi connectivity index (χ1n) is 8.46. The van der Waals surface area contributed by atoms with Gasteiger partial charge in [-0.25, -0.2) is 0 Å². The highest BCUT2D eigenvalue weighted by atomic mass is 16.3. The van der Waals surface area contributed by atoms with Crippen LogP contribution in [0.25, 0.3) is 10.9 Å². The molecule has 0 saturated carbocycles. The SMILES string of the molecule is Cc1cc(CCc2c(C)c3ccc(N)cc3n(C)c2=O)cc(C)c1O. The fourth-order valence-corrected chi connectivity index (χ4v) is 3.53. The Morgan fingerprint density at radius 1 is 1.04 bits per heavy atom. The van der Waals surface area contributed by atoms with Gasteiger partial charge in [0, 0.05) is 23.7 Å². The number of fused-ring (bicyclic) bond motifs is 1. The van der Waals surface area contributed by atoms with Crippen LogP contribution in [0.2, 0.25) is 0 Å². The lowest BCUT2D eigenvalue weighted by Crippen LogP contribution is -2.23. The average molecular weight is 336 g/mol. The van der Waals surface area contributed by atoms with Gasteiger partial charge in [-0.2, -0.15) is 0 Å². The zero-order chi connectivity index (χ0) is 18.3. The Balaban J connectivity index is 2.02. The summed E-state index contributed by atoms with van der Waals surface area (Å²) in [7, 11) is 1.79. The first kappa shape index (κ1) is 17.1. The van der Waals surface area contributed by atoms with Crippen LogP contribution in [0, 0.1) is 20.8 Å². The molecule has 0 radical (unpaired) electrons. The van der Waals surface area contributed by atoms with Crippen LogP contribution in [0.4, 0.5) is 5.69 Å². The van der Waals surface area contributed by atoms with Crippen LogP contribution >= 0.6 is 0 Å². The van der Waals surface area contributed by atoms with Gasteiger partial charge in [0.25, 0.3) is 5.56 Å². The number of benzene rings is 2. The molecule has 130 valence electrons. The van der Waals surface area contributed by atoms with Crippen molar-refractivity contribution in [2.75, 3.05) is 5.73 Å². The molecule has 0 fully saturated rings. The van der Waals surface area contributed by atoms with Gasteiger partial charge in [0.1, 0.15) is 5.75 Å². The second-order valence-electron chi connectivity index (χ2n) is 6.82. The first-order valence-corrected chi connectivity index (χ1v) is 8.46. The highest BCUT2D eigenvalue weighted by molar-refractivity contribution is 5.86.